The Balaban J connectivity index is 2.54. The topological polar surface area (TPSA) is 57.4 Å². The predicted molar refractivity (Wildman–Crippen MR) is 63.8 cm³/mol. The summed E-state index contributed by atoms with van der Waals surface area (Å²) < 4.78 is 45.7. The van der Waals surface area contributed by atoms with Crippen molar-refractivity contribution in [1.29, 1.82) is 0 Å². The predicted octanol–water partition coefficient (Wildman–Crippen LogP) is 2.45. The average Bonchev–Trinajstić information content (AvgIpc) is 2.26. The molecule has 7 heteroatoms. The van der Waals surface area contributed by atoms with Gasteiger partial charge in [-0.05, 0) is 25.5 Å². The van der Waals surface area contributed by atoms with E-state index >= 15 is 0 Å². The standard InChI is InChI=1S/C12H17F3N2O2/c1-8(2)19-10-3-9(4-17-5-10)11(16)6-18-7-12(13,14)15/h3-5,8,11H,6-7,16H2,1-2H3. The van der Waals surface area contributed by atoms with Gasteiger partial charge in [0.05, 0.1) is 24.9 Å². The first-order chi connectivity index (χ1) is 8.78. The van der Waals surface area contributed by atoms with E-state index in [1.54, 1.807) is 6.07 Å². The number of nitrogens with two attached hydrogens (primary N) is 1. The van der Waals surface area contributed by atoms with Gasteiger partial charge < -0.3 is 15.2 Å². The molecule has 0 aliphatic carbocycles. The zero-order valence-corrected chi connectivity index (χ0v) is 10.8. The van der Waals surface area contributed by atoms with E-state index in [4.69, 9.17) is 10.5 Å². The fourth-order valence-electron chi connectivity index (χ4n) is 1.37. The molecule has 108 valence electrons. The summed E-state index contributed by atoms with van der Waals surface area (Å²) in [6, 6.07) is 0.972. The maximum Gasteiger partial charge on any atom is 0.411 e. The highest BCUT2D eigenvalue weighted by Crippen LogP contribution is 2.19. The minimum absolute atomic E-state index is 0.0187. The Bertz CT molecular complexity index is 397. The Morgan fingerprint density at radius 1 is 1.32 bits per heavy atom. The van der Waals surface area contributed by atoms with Gasteiger partial charge in [-0.25, -0.2) is 0 Å². The van der Waals surface area contributed by atoms with Crippen molar-refractivity contribution in [2.45, 2.75) is 32.2 Å². The Kier molecular flexibility index (Phi) is 5.56. The molecule has 0 saturated carbocycles. The third-order valence-electron chi connectivity index (χ3n) is 2.10. The highest BCUT2D eigenvalue weighted by molar-refractivity contribution is 5.26. The lowest BCUT2D eigenvalue weighted by Gasteiger charge is -2.15. The van der Waals surface area contributed by atoms with Gasteiger partial charge in [-0.2, -0.15) is 13.2 Å². The van der Waals surface area contributed by atoms with E-state index in [0.29, 0.717) is 11.3 Å². The van der Waals surface area contributed by atoms with Crippen LogP contribution in [0, 0.1) is 0 Å². The molecule has 0 amide bonds. The average molecular weight is 278 g/mol. The summed E-state index contributed by atoms with van der Waals surface area (Å²) in [6.07, 6.45) is -1.36. The second-order valence-electron chi connectivity index (χ2n) is 4.36. The third kappa shape index (κ3) is 6.40. The van der Waals surface area contributed by atoms with Gasteiger partial charge in [-0.15, -0.1) is 0 Å². The van der Waals surface area contributed by atoms with Crippen LogP contribution in [0.3, 0.4) is 0 Å². The molecule has 0 saturated heterocycles. The first kappa shape index (κ1) is 15.7. The summed E-state index contributed by atoms with van der Waals surface area (Å²) in [7, 11) is 0. The number of nitrogens with zero attached hydrogens (tertiary/aromatic N) is 1. The number of aromatic nitrogens is 1. The molecule has 2 N–H and O–H groups in total. The van der Waals surface area contributed by atoms with Crippen molar-refractivity contribution < 1.29 is 22.6 Å². The summed E-state index contributed by atoms with van der Waals surface area (Å²) in [5.41, 5.74) is 6.31. The van der Waals surface area contributed by atoms with Crippen LogP contribution in [0.4, 0.5) is 13.2 Å². The van der Waals surface area contributed by atoms with Crippen molar-refractivity contribution in [3.05, 3.63) is 24.0 Å². The Morgan fingerprint density at radius 2 is 2.00 bits per heavy atom. The first-order valence-corrected chi connectivity index (χ1v) is 5.79. The molecule has 1 aromatic heterocycles. The second kappa shape index (κ2) is 6.72. The Hall–Kier alpha value is -1.34. The van der Waals surface area contributed by atoms with E-state index in [1.807, 2.05) is 13.8 Å². The number of ether oxygens (including phenoxy) is 2. The minimum atomic E-state index is -4.35. The summed E-state index contributed by atoms with van der Waals surface area (Å²) >= 11 is 0. The summed E-state index contributed by atoms with van der Waals surface area (Å²) in [6.45, 7) is 2.18. The van der Waals surface area contributed by atoms with Crippen LogP contribution in [-0.4, -0.2) is 30.5 Å². The lowest BCUT2D eigenvalue weighted by Crippen LogP contribution is -2.23. The van der Waals surface area contributed by atoms with Gasteiger partial charge >= 0.3 is 6.18 Å². The van der Waals surface area contributed by atoms with Gasteiger partial charge in [-0.1, -0.05) is 0 Å². The molecule has 0 aromatic carbocycles. The molecule has 19 heavy (non-hydrogen) atoms. The first-order valence-electron chi connectivity index (χ1n) is 5.79. The lowest BCUT2D eigenvalue weighted by molar-refractivity contribution is -0.174. The molecule has 0 aliphatic heterocycles. The van der Waals surface area contributed by atoms with E-state index in [9.17, 15) is 13.2 Å². The second-order valence-corrected chi connectivity index (χ2v) is 4.36. The Morgan fingerprint density at radius 3 is 2.58 bits per heavy atom. The Labute approximate surface area is 109 Å². The number of alkyl halides is 3. The minimum Gasteiger partial charge on any atom is -0.489 e. The smallest absolute Gasteiger partial charge is 0.411 e. The fourth-order valence-corrected chi connectivity index (χ4v) is 1.37. The fraction of sp³-hybridized carbons (Fsp3) is 0.583. The molecule has 1 atom stereocenters. The highest BCUT2D eigenvalue weighted by atomic mass is 19.4. The van der Waals surface area contributed by atoms with Crippen LogP contribution in [0.5, 0.6) is 5.75 Å². The van der Waals surface area contributed by atoms with Crippen molar-refractivity contribution in [3.8, 4) is 5.75 Å². The van der Waals surface area contributed by atoms with E-state index in [-0.39, 0.29) is 12.7 Å². The van der Waals surface area contributed by atoms with Gasteiger partial charge in [0.1, 0.15) is 12.4 Å². The van der Waals surface area contributed by atoms with Crippen LogP contribution < -0.4 is 10.5 Å². The van der Waals surface area contributed by atoms with Crippen LogP contribution in [0.2, 0.25) is 0 Å². The van der Waals surface area contributed by atoms with Crippen molar-refractivity contribution in [2.75, 3.05) is 13.2 Å². The summed E-state index contributed by atoms with van der Waals surface area (Å²) in [5, 5.41) is 0. The molecule has 1 rings (SSSR count). The van der Waals surface area contributed by atoms with E-state index in [2.05, 4.69) is 9.72 Å². The van der Waals surface area contributed by atoms with Crippen molar-refractivity contribution in [1.82, 2.24) is 4.98 Å². The summed E-state index contributed by atoms with van der Waals surface area (Å²) in [5.74, 6) is 0.527. The molecule has 0 radical (unpaired) electrons. The molecule has 1 aromatic rings. The molecular weight excluding hydrogens is 261 g/mol. The zero-order chi connectivity index (χ0) is 14.5. The van der Waals surface area contributed by atoms with Crippen LogP contribution in [0.25, 0.3) is 0 Å². The molecule has 1 heterocycles. The normalized spacial score (nSPS) is 13.6. The number of hydrogen-bond donors (Lipinski definition) is 1. The van der Waals surface area contributed by atoms with Crippen LogP contribution in [0.1, 0.15) is 25.5 Å². The molecule has 4 nitrogen and oxygen atoms in total. The van der Waals surface area contributed by atoms with Crippen molar-refractivity contribution in [2.24, 2.45) is 5.73 Å². The number of pyridine rings is 1. The largest absolute Gasteiger partial charge is 0.489 e. The maximum atomic E-state index is 11.9. The van der Waals surface area contributed by atoms with Gasteiger partial charge in [-0.3, -0.25) is 4.98 Å². The molecular formula is C12H17F3N2O2. The van der Waals surface area contributed by atoms with Crippen LogP contribution in [0.15, 0.2) is 18.5 Å². The van der Waals surface area contributed by atoms with Gasteiger partial charge in [0, 0.05) is 6.20 Å². The molecule has 0 aliphatic rings. The molecule has 0 bridgehead atoms. The van der Waals surface area contributed by atoms with Crippen LogP contribution in [-0.2, 0) is 4.74 Å². The SMILES string of the molecule is CC(C)Oc1cncc(C(N)COCC(F)(F)F)c1. The van der Waals surface area contributed by atoms with Gasteiger partial charge in [0.15, 0.2) is 0 Å². The van der Waals surface area contributed by atoms with Crippen molar-refractivity contribution >= 4 is 0 Å². The highest BCUT2D eigenvalue weighted by Gasteiger charge is 2.27. The molecule has 0 fully saturated rings. The number of rotatable bonds is 6. The monoisotopic (exact) mass is 278 g/mol. The molecule has 0 spiro atoms. The van der Waals surface area contributed by atoms with Gasteiger partial charge in [0.25, 0.3) is 0 Å². The quantitative estimate of drug-likeness (QED) is 0.868. The lowest BCUT2D eigenvalue weighted by atomic mass is 10.1. The molecule has 1 unspecified atom stereocenters. The summed E-state index contributed by atoms with van der Waals surface area (Å²) in [4.78, 5) is 3.93. The van der Waals surface area contributed by atoms with E-state index in [1.165, 1.54) is 12.4 Å². The maximum absolute atomic E-state index is 11.9. The van der Waals surface area contributed by atoms with E-state index < -0.39 is 18.8 Å². The third-order valence-corrected chi connectivity index (χ3v) is 2.10. The number of hydrogen-bond acceptors (Lipinski definition) is 4. The van der Waals surface area contributed by atoms with Crippen molar-refractivity contribution in [3.63, 3.8) is 0 Å². The zero-order valence-electron chi connectivity index (χ0n) is 10.8. The van der Waals surface area contributed by atoms with Gasteiger partial charge in [0.2, 0.25) is 0 Å². The number of halogens is 3. The van der Waals surface area contributed by atoms with Crippen LogP contribution >= 0.6 is 0 Å². The van der Waals surface area contributed by atoms with E-state index in [0.717, 1.165) is 0 Å².